The van der Waals surface area contributed by atoms with E-state index >= 15 is 0 Å². The van der Waals surface area contributed by atoms with Crippen molar-refractivity contribution in [2.45, 2.75) is 12.8 Å². The Morgan fingerprint density at radius 3 is 2.43 bits per heavy atom. The Morgan fingerprint density at radius 1 is 1.04 bits per heavy atom. The molecule has 1 aliphatic rings. The average molecular weight is 310 g/mol. The molecule has 0 bridgehead atoms. The van der Waals surface area contributed by atoms with E-state index in [1.54, 1.807) is 47.4 Å². The van der Waals surface area contributed by atoms with Gasteiger partial charge in [-0.3, -0.25) is 9.59 Å². The van der Waals surface area contributed by atoms with Gasteiger partial charge in [-0.2, -0.15) is 0 Å². The van der Waals surface area contributed by atoms with Crippen molar-refractivity contribution in [3.05, 3.63) is 65.7 Å². The van der Waals surface area contributed by atoms with E-state index in [-0.39, 0.29) is 17.5 Å². The van der Waals surface area contributed by atoms with Crippen molar-refractivity contribution in [1.82, 2.24) is 10.2 Å². The average Bonchev–Trinajstić information content (AvgIpc) is 3.28. The number of likely N-dealkylation sites (tertiary alicyclic amines) is 1. The number of carbonyl (C=O) groups excluding carboxylic acids is 2. The van der Waals surface area contributed by atoms with E-state index in [1.165, 1.54) is 6.26 Å². The summed E-state index contributed by atoms with van der Waals surface area (Å²) < 4.78 is 5.27. The molecule has 0 radical (unpaired) electrons. The minimum atomic E-state index is -0.309. The first-order valence-corrected chi connectivity index (χ1v) is 7.65. The Labute approximate surface area is 134 Å². The van der Waals surface area contributed by atoms with Crippen LogP contribution in [0, 0.1) is 0 Å². The van der Waals surface area contributed by atoms with Crippen LogP contribution < -0.4 is 5.32 Å². The number of benzene rings is 1. The molecule has 0 atom stereocenters. The fourth-order valence-corrected chi connectivity index (χ4v) is 2.54. The maximum atomic E-state index is 12.6. The summed E-state index contributed by atoms with van der Waals surface area (Å²) >= 11 is 0. The Hall–Kier alpha value is -2.82. The molecular formula is C18H18N2O3. The lowest BCUT2D eigenvalue weighted by molar-refractivity contribution is -0.126. The van der Waals surface area contributed by atoms with Gasteiger partial charge in [0.1, 0.15) is 11.5 Å². The third kappa shape index (κ3) is 3.69. The topological polar surface area (TPSA) is 62.6 Å². The summed E-state index contributed by atoms with van der Waals surface area (Å²) in [7, 11) is 0. The van der Waals surface area contributed by atoms with Crippen LogP contribution >= 0.6 is 0 Å². The number of amides is 2. The zero-order chi connectivity index (χ0) is 16.1. The first-order valence-electron chi connectivity index (χ1n) is 7.65. The van der Waals surface area contributed by atoms with E-state index in [0.717, 1.165) is 25.9 Å². The van der Waals surface area contributed by atoms with Crippen LogP contribution in [0.3, 0.4) is 0 Å². The molecular weight excluding hydrogens is 292 g/mol. The number of hydrogen-bond donors (Lipinski definition) is 1. The standard InChI is InChI=1S/C18H18N2O3/c21-17(14-7-2-1-3-8-14)19-16(13-15-9-6-12-23-15)18(22)20-10-4-5-11-20/h1-3,6-9,12-13H,4-5,10-11H2,(H,19,21)/b16-13+. The van der Waals surface area contributed by atoms with Crippen LogP contribution in [0.15, 0.2) is 58.8 Å². The molecule has 5 heteroatoms. The van der Waals surface area contributed by atoms with E-state index in [1.807, 2.05) is 6.07 Å². The number of nitrogens with one attached hydrogen (secondary N) is 1. The Morgan fingerprint density at radius 2 is 1.78 bits per heavy atom. The van der Waals surface area contributed by atoms with Crippen LogP contribution in [0.5, 0.6) is 0 Å². The SMILES string of the molecule is O=C(N/C(=C/c1ccco1)C(=O)N1CCCC1)c1ccccc1. The normalized spacial score (nSPS) is 14.8. The molecule has 5 nitrogen and oxygen atoms in total. The van der Waals surface area contributed by atoms with Crippen LogP contribution in [0.1, 0.15) is 29.0 Å². The van der Waals surface area contributed by atoms with Crippen molar-refractivity contribution in [2.75, 3.05) is 13.1 Å². The second kappa shape index (κ2) is 6.96. The zero-order valence-electron chi connectivity index (χ0n) is 12.7. The fourth-order valence-electron chi connectivity index (χ4n) is 2.54. The van der Waals surface area contributed by atoms with Gasteiger partial charge in [0.25, 0.3) is 11.8 Å². The van der Waals surface area contributed by atoms with Crippen LogP contribution in [0.25, 0.3) is 6.08 Å². The number of furan rings is 1. The van der Waals surface area contributed by atoms with Crippen LogP contribution in [-0.4, -0.2) is 29.8 Å². The smallest absolute Gasteiger partial charge is 0.270 e. The molecule has 3 rings (SSSR count). The molecule has 0 saturated carbocycles. The third-order valence-electron chi connectivity index (χ3n) is 3.74. The summed E-state index contributed by atoms with van der Waals surface area (Å²) in [6.07, 6.45) is 5.09. The fraction of sp³-hybridized carbons (Fsp3) is 0.222. The van der Waals surface area contributed by atoms with E-state index in [4.69, 9.17) is 4.42 Å². The molecule has 2 amide bonds. The number of carbonyl (C=O) groups is 2. The van der Waals surface area contributed by atoms with Gasteiger partial charge in [-0.05, 0) is 37.1 Å². The first-order chi connectivity index (χ1) is 11.2. The van der Waals surface area contributed by atoms with Gasteiger partial charge < -0.3 is 14.6 Å². The number of hydrogen-bond acceptors (Lipinski definition) is 3. The molecule has 23 heavy (non-hydrogen) atoms. The van der Waals surface area contributed by atoms with Crippen molar-refractivity contribution in [3.8, 4) is 0 Å². The number of nitrogens with zero attached hydrogens (tertiary/aromatic N) is 1. The minimum absolute atomic E-state index is 0.178. The second-order valence-corrected chi connectivity index (χ2v) is 5.39. The highest BCUT2D eigenvalue weighted by molar-refractivity contribution is 6.05. The maximum Gasteiger partial charge on any atom is 0.270 e. The lowest BCUT2D eigenvalue weighted by Gasteiger charge is -2.18. The monoisotopic (exact) mass is 310 g/mol. The van der Waals surface area contributed by atoms with Gasteiger partial charge in [-0.15, -0.1) is 0 Å². The van der Waals surface area contributed by atoms with Gasteiger partial charge >= 0.3 is 0 Å². The van der Waals surface area contributed by atoms with Crippen molar-refractivity contribution in [2.24, 2.45) is 0 Å². The predicted octanol–water partition coefficient (Wildman–Crippen LogP) is 2.67. The van der Waals surface area contributed by atoms with Crippen LogP contribution in [0.4, 0.5) is 0 Å². The lowest BCUT2D eigenvalue weighted by atomic mass is 10.2. The summed E-state index contributed by atoms with van der Waals surface area (Å²) in [5.74, 6) is 0.0417. The summed E-state index contributed by atoms with van der Waals surface area (Å²) in [5, 5.41) is 2.72. The van der Waals surface area contributed by atoms with Crippen molar-refractivity contribution < 1.29 is 14.0 Å². The van der Waals surface area contributed by atoms with Crippen molar-refractivity contribution in [1.29, 1.82) is 0 Å². The van der Waals surface area contributed by atoms with Crippen molar-refractivity contribution in [3.63, 3.8) is 0 Å². The second-order valence-electron chi connectivity index (χ2n) is 5.39. The van der Waals surface area contributed by atoms with E-state index in [2.05, 4.69) is 5.32 Å². The molecule has 1 aromatic heterocycles. The molecule has 1 saturated heterocycles. The molecule has 1 aromatic carbocycles. The predicted molar refractivity (Wildman–Crippen MR) is 86.4 cm³/mol. The Kier molecular flexibility index (Phi) is 4.57. The van der Waals surface area contributed by atoms with Crippen molar-refractivity contribution >= 4 is 17.9 Å². The third-order valence-corrected chi connectivity index (χ3v) is 3.74. The van der Waals surface area contributed by atoms with Gasteiger partial charge in [0.05, 0.1) is 6.26 Å². The Bertz CT molecular complexity index is 699. The summed E-state index contributed by atoms with van der Waals surface area (Å²) in [4.78, 5) is 26.7. The minimum Gasteiger partial charge on any atom is -0.465 e. The van der Waals surface area contributed by atoms with E-state index < -0.39 is 0 Å². The van der Waals surface area contributed by atoms with Gasteiger partial charge in [-0.1, -0.05) is 18.2 Å². The lowest BCUT2D eigenvalue weighted by Crippen LogP contribution is -2.36. The number of rotatable bonds is 4. The zero-order valence-corrected chi connectivity index (χ0v) is 12.7. The summed E-state index contributed by atoms with van der Waals surface area (Å²) in [6, 6.07) is 12.3. The first kappa shape index (κ1) is 15.1. The van der Waals surface area contributed by atoms with Gasteiger partial charge in [-0.25, -0.2) is 0 Å². The van der Waals surface area contributed by atoms with E-state index in [9.17, 15) is 9.59 Å². The van der Waals surface area contributed by atoms with Crippen LogP contribution in [-0.2, 0) is 4.79 Å². The highest BCUT2D eigenvalue weighted by Crippen LogP contribution is 2.14. The van der Waals surface area contributed by atoms with E-state index in [0.29, 0.717) is 11.3 Å². The highest BCUT2D eigenvalue weighted by atomic mass is 16.3. The summed E-state index contributed by atoms with van der Waals surface area (Å²) in [5.41, 5.74) is 0.739. The molecule has 0 spiro atoms. The molecule has 1 N–H and O–H groups in total. The van der Waals surface area contributed by atoms with Crippen LogP contribution in [0.2, 0.25) is 0 Å². The van der Waals surface area contributed by atoms with Gasteiger partial charge in [0, 0.05) is 24.7 Å². The Balaban J connectivity index is 1.83. The molecule has 0 unspecified atom stereocenters. The molecule has 1 aliphatic heterocycles. The summed E-state index contributed by atoms with van der Waals surface area (Å²) in [6.45, 7) is 1.44. The molecule has 1 fully saturated rings. The maximum absolute atomic E-state index is 12.6. The molecule has 2 aromatic rings. The van der Waals surface area contributed by atoms with Gasteiger partial charge in [0.15, 0.2) is 0 Å². The molecule has 118 valence electrons. The quantitative estimate of drug-likeness (QED) is 0.883. The molecule has 2 heterocycles. The highest BCUT2D eigenvalue weighted by Gasteiger charge is 2.23. The molecule has 0 aliphatic carbocycles. The van der Waals surface area contributed by atoms with Gasteiger partial charge in [0.2, 0.25) is 0 Å². The largest absolute Gasteiger partial charge is 0.465 e.